The molecule has 1 aromatic heterocycles. The molecule has 7 nitrogen and oxygen atoms in total. The van der Waals surface area contributed by atoms with Crippen molar-refractivity contribution in [2.24, 2.45) is 0 Å². The van der Waals surface area contributed by atoms with Crippen LogP contribution >= 0.6 is 0 Å². The van der Waals surface area contributed by atoms with E-state index >= 15 is 0 Å². The zero-order chi connectivity index (χ0) is 23.2. The van der Waals surface area contributed by atoms with E-state index < -0.39 is 50.6 Å². The van der Waals surface area contributed by atoms with Gasteiger partial charge in [0.25, 0.3) is 0 Å². The van der Waals surface area contributed by atoms with Crippen molar-refractivity contribution in [2.45, 2.75) is 63.3 Å². The predicted molar refractivity (Wildman–Crippen MR) is 104 cm³/mol. The van der Waals surface area contributed by atoms with E-state index in [1.807, 2.05) is 13.8 Å². The van der Waals surface area contributed by atoms with Crippen molar-refractivity contribution in [3.63, 3.8) is 0 Å². The van der Waals surface area contributed by atoms with E-state index in [0.717, 1.165) is 0 Å². The lowest BCUT2D eigenvalue weighted by atomic mass is 9.90. The molecule has 0 aliphatic carbocycles. The van der Waals surface area contributed by atoms with Crippen molar-refractivity contribution in [3.05, 3.63) is 17.5 Å². The predicted octanol–water partition coefficient (Wildman–Crippen LogP) is 3.26. The summed E-state index contributed by atoms with van der Waals surface area (Å²) in [6.45, 7) is 7.32. The van der Waals surface area contributed by atoms with Crippen LogP contribution in [-0.4, -0.2) is 63.0 Å². The van der Waals surface area contributed by atoms with E-state index in [1.54, 1.807) is 13.2 Å². The largest absolute Gasteiger partial charge is 0.389 e. The fourth-order valence-electron chi connectivity index (χ4n) is 2.52. The van der Waals surface area contributed by atoms with Crippen LogP contribution in [0.3, 0.4) is 0 Å². The first-order valence-corrected chi connectivity index (χ1v) is 11.1. The number of hydrogen-bond donors (Lipinski definition) is 0. The van der Waals surface area contributed by atoms with Gasteiger partial charge < -0.3 is 14.0 Å². The third-order valence-electron chi connectivity index (χ3n) is 4.80. The highest BCUT2D eigenvalue weighted by Crippen LogP contribution is 2.27. The molecule has 1 heterocycles. The molecule has 0 radical (unpaired) electrons. The van der Waals surface area contributed by atoms with Crippen LogP contribution in [0, 0.1) is 0 Å². The second-order valence-corrected chi connectivity index (χ2v) is 10.9. The van der Waals surface area contributed by atoms with Gasteiger partial charge in [0, 0.05) is 25.0 Å². The van der Waals surface area contributed by atoms with Crippen LogP contribution in [0.2, 0.25) is 0 Å². The standard InChI is InChI=1S/C19H30F3NO6S/c1-17(2,13-28-9-8-27-5)15-11-14(29-23-15)12-16(24)18(3,4)30(25,26)10-6-7-19(20,21)22/h11H,6-10,12-13H2,1-5H3. The number of rotatable bonds is 13. The summed E-state index contributed by atoms with van der Waals surface area (Å²) >= 11 is 0. The Morgan fingerprint density at radius 2 is 1.80 bits per heavy atom. The molecule has 0 bridgehead atoms. The number of halogens is 3. The quantitative estimate of drug-likeness (QED) is 0.420. The molecule has 11 heteroatoms. The molecule has 174 valence electrons. The molecule has 0 fully saturated rings. The van der Waals surface area contributed by atoms with Crippen LogP contribution in [0.25, 0.3) is 0 Å². The maximum Gasteiger partial charge on any atom is 0.389 e. The Morgan fingerprint density at radius 3 is 2.37 bits per heavy atom. The summed E-state index contributed by atoms with van der Waals surface area (Å²) in [5.41, 5.74) is 0.0196. The van der Waals surface area contributed by atoms with Gasteiger partial charge in [0.05, 0.1) is 37.7 Å². The highest BCUT2D eigenvalue weighted by atomic mass is 32.2. The molecule has 0 saturated carbocycles. The van der Waals surface area contributed by atoms with E-state index in [2.05, 4.69) is 5.16 Å². The van der Waals surface area contributed by atoms with Crippen molar-refractivity contribution in [1.82, 2.24) is 5.16 Å². The maximum atomic E-state index is 12.6. The molecular formula is C19H30F3NO6S. The molecule has 30 heavy (non-hydrogen) atoms. The third kappa shape index (κ3) is 7.66. The highest BCUT2D eigenvalue weighted by molar-refractivity contribution is 7.93. The van der Waals surface area contributed by atoms with Crippen molar-refractivity contribution < 1.29 is 40.4 Å². The number of Topliss-reactive ketones (excluding diaryl/α,β-unsaturated/α-hetero) is 1. The number of carbonyl (C=O) groups is 1. The Labute approximate surface area is 175 Å². The van der Waals surface area contributed by atoms with Gasteiger partial charge in [-0.3, -0.25) is 4.79 Å². The number of aromatic nitrogens is 1. The molecule has 0 aliphatic rings. The van der Waals surface area contributed by atoms with Crippen molar-refractivity contribution >= 4 is 15.6 Å². The Morgan fingerprint density at radius 1 is 1.17 bits per heavy atom. The second-order valence-electron chi connectivity index (χ2n) is 8.26. The number of ketones is 1. The van der Waals surface area contributed by atoms with Gasteiger partial charge in [-0.1, -0.05) is 19.0 Å². The van der Waals surface area contributed by atoms with Gasteiger partial charge in [-0.2, -0.15) is 13.2 Å². The minimum Gasteiger partial charge on any atom is -0.382 e. The van der Waals surface area contributed by atoms with Gasteiger partial charge in [0.1, 0.15) is 10.5 Å². The minimum absolute atomic E-state index is 0.179. The zero-order valence-corrected chi connectivity index (χ0v) is 18.8. The fraction of sp³-hybridized carbons (Fsp3) is 0.789. The van der Waals surface area contributed by atoms with E-state index in [4.69, 9.17) is 14.0 Å². The number of methoxy groups -OCH3 is 1. The van der Waals surface area contributed by atoms with Crippen molar-refractivity contribution in [1.29, 1.82) is 0 Å². The number of alkyl halides is 3. The van der Waals surface area contributed by atoms with E-state index in [0.29, 0.717) is 25.5 Å². The lowest BCUT2D eigenvalue weighted by Gasteiger charge is -2.23. The zero-order valence-electron chi connectivity index (χ0n) is 18.0. The van der Waals surface area contributed by atoms with Crippen LogP contribution in [0.5, 0.6) is 0 Å². The van der Waals surface area contributed by atoms with E-state index in [-0.39, 0.29) is 12.2 Å². The van der Waals surface area contributed by atoms with Gasteiger partial charge in [0.2, 0.25) is 0 Å². The number of nitrogens with zero attached hydrogens (tertiary/aromatic N) is 1. The van der Waals surface area contributed by atoms with Crippen LogP contribution < -0.4 is 0 Å². The molecule has 0 spiro atoms. The fourth-order valence-corrected chi connectivity index (χ4v) is 3.97. The Bertz CT molecular complexity index is 799. The monoisotopic (exact) mass is 457 g/mol. The molecular weight excluding hydrogens is 427 g/mol. The molecule has 1 aromatic rings. The highest BCUT2D eigenvalue weighted by Gasteiger charge is 2.42. The SMILES string of the molecule is COCCOCC(C)(C)c1cc(CC(=O)C(C)(C)S(=O)(=O)CCCC(F)(F)F)on1. The van der Waals surface area contributed by atoms with Gasteiger partial charge >= 0.3 is 6.18 Å². The van der Waals surface area contributed by atoms with Crippen LogP contribution in [0.1, 0.15) is 52.0 Å². The molecule has 0 aromatic carbocycles. The number of ether oxygens (including phenoxy) is 2. The molecule has 0 atom stereocenters. The van der Waals surface area contributed by atoms with Crippen LogP contribution in [0.15, 0.2) is 10.6 Å². The first kappa shape index (κ1) is 26.6. The number of hydrogen-bond acceptors (Lipinski definition) is 7. The van der Waals surface area contributed by atoms with Crippen LogP contribution in [-0.2, 0) is 35.9 Å². The minimum atomic E-state index is -4.44. The number of carbonyl (C=O) groups excluding carboxylic acids is 1. The van der Waals surface area contributed by atoms with Gasteiger partial charge in [0.15, 0.2) is 15.6 Å². The van der Waals surface area contributed by atoms with E-state index in [1.165, 1.54) is 13.8 Å². The van der Waals surface area contributed by atoms with Crippen molar-refractivity contribution in [3.8, 4) is 0 Å². The lowest BCUT2D eigenvalue weighted by Crippen LogP contribution is -2.43. The molecule has 0 amide bonds. The summed E-state index contributed by atoms with van der Waals surface area (Å²) in [6, 6.07) is 1.56. The smallest absolute Gasteiger partial charge is 0.382 e. The average Bonchev–Trinajstić information content (AvgIpc) is 3.06. The third-order valence-corrected chi connectivity index (χ3v) is 7.41. The summed E-state index contributed by atoms with van der Waals surface area (Å²) in [5.74, 6) is -1.22. The average molecular weight is 458 g/mol. The van der Waals surface area contributed by atoms with Crippen molar-refractivity contribution in [2.75, 3.05) is 32.7 Å². The first-order valence-electron chi connectivity index (χ1n) is 9.47. The Kier molecular flexibility index (Phi) is 9.06. The summed E-state index contributed by atoms with van der Waals surface area (Å²) in [5, 5.41) is 3.95. The first-order chi connectivity index (χ1) is 13.6. The molecule has 0 saturated heterocycles. The molecule has 1 rings (SSSR count). The van der Waals surface area contributed by atoms with Gasteiger partial charge in [-0.25, -0.2) is 8.42 Å². The summed E-state index contributed by atoms with van der Waals surface area (Å²) in [6.07, 6.45) is -6.59. The summed E-state index contributed by atoms with van der Waals surface area (Å²) in [4.78, 5) is 12.6. The number of sulfone groups is 1. The lowest BCUT2D eigenvalue weighted by molar-refractivity contribution is -0.134. The van der Waals surface area contributed by atoms with Gasteiger partial charge in [-0.15, -0.1) is 0 Å². The topological polar surface area (TPSA) is 95.7 Å². The Hall–Kier alpha value is -1.46. The Balaban J connectivity index is 2.77. The summed E-state index contributed by atoms with van der Waals surface area (Å²) < 4.78 is 75.5. The van der Waals surface area contributed by atoms with Gasteiger partial charge in [-0.05, 0) is 20.3 Å². The normalized spacial score (nSPS) is 13.6. The summed E-state index contributed by atoms with van der Waals surface area (Å²) in [7, 11) is -2.52. The van der Waals surface area contributed by atoms with E-state index in [9.17, 15) is 26.4 Å². The second kappa shape index (κ2) is 10.2. The molecule has 0 unspecified atom stereocenters. The maximum absolute atomic E-state index is 12.6. The molecule has 0 aliphatic heterocycles. The molecule has 0 N–H and O–H groups in total. The van der Waals surface area contributed by atoms with Crippen LogP contribution in [0.4, 0.5) is 13.2 Å².